The second kappa shape index (κ2) is 9.50. The molecule has 13 atom stereocenters. The molecule has 196 valence electrons. The zero-order chi connectivity index (χ0) is 24.3. The van der Waals surface area contributed by atoms with Crippen LogP contribution in [0, 0.1) is 11.8 Å². The smallest absolute Gasteiger partial charge is 0.174 e. The molecular formula is C25H42O9. The van der Waals surface area contributed by atoms with Gasteiger partial charge in [0.1, 0.15) is 0 Å². The Hall–Kier alpha value is -0.360. The summed E-state index contributed by atoms with van der Waals surface area (Å²) in [6.07, 6.45) is 1.73. The van der Waals surface area contributed by atoms with E-state index in [0.717, 1.165) is 19.3 Å². The van der Waals surface area contributed by atoms with Gasteiger partial charge in [0.05, 0.1) is 61.5 Å². The Labute approximate surface area is 202 Å². The van der Waals surface area contributed by atoms with Gasteiger partial charge in [0, 0.05) is 45.6 Å². The van der Waals surface area contributed by atoms with E-state index in [2.05, 4.69) is 20.8 Å². The number of rotatable bonds is 6. The number of ether oxygens (including phenoxy) is 6. The van der Waals surface area contributed by atoms with Gasteiger partial charge in [-0.1, -0.05) is 20.8 Å². The first-order valence-electron chi connectivity index (χ1n) is 13.1. The Morgan fingerprint density at radius 1 is 0.912 bits per heavy atom. The summed E-state index contributed by atoms with van der Waals surface area (Å²) in [5.74, 6) is -0.911. The molecule has 9 heteroatoms. The first kappa shape index (κ1) is 25.3. The van der Waals surface area contributed by atoms with Gasteiger partial charge in [0.2, 0.25) is 0 Å². The fourth-order valence-electron chi connectivity index (χ4n) is 7.16. The van der Waals surface area contributed by atoms with Crippen molar-refractivity contribution in [2.24, 2.45) is 11.8 Å². The third-order valence-electron chi connectivity index (χ3n) is 8.66. The van der Waals surface area contributed by atoms with Crippen LogP contribution in [0.3, 0.4) is 0 Å². The van der Waals surface area contributed by atoms with Gasteiger partial charge >= 0.3 is 0 Å². The van der Waals surface area contributed by atoms with Crippen LogP contribution in [0.1, 0.15) is 65.7 Å². The summed E-state index contributed by atoms with van der Waals surface area (Å²) >= 11 is 0. The van der Waals surface area contributed by atoms with E-state index >= 15 is 0 Å². The average Bonchev–Trinajstić information content (AvgIpc) is 3.48. The molecule has 2 spiro atoms. The number of hydrogen-bond acceptors (Lipinski definition) is 9. The van der Waals surface area contributed by atoms with Gasteiger partial charge < -0.3 is 43.7 Å². The molecule has 0 aliphatic carbocycles. The molecule has 5 heterocycles. The monoisotopic (exact) mass is 486 g/mol. The summed E-state index contributed by atoms with van der Waals surface area (Å²) in [5.41, 5.74) is 0. The number of aliphatic hydroxyl groups is 3. The van der Waals surface area contributed by atoms with Crippen LogP contribution in [0.5, 0.6) is 0 Å². The number of fused-ring (bicyclic) bond motifs is 2. The quantitative estimate of drug-likeness (QED) is 0.513. The van der Waals surface area contributed by atoms with Gasteiger partial charge in [0.15, 0.2) is 11.6 Å². The Morgan fingerprint density at radius 2 is 1.59 bits per heavy atom. The van der Waals surface area contributed by atoms with Crippen molar-refractivity contribution in [2.45, 2.75) is 132 Å². The summed E-state index contributed by atoms with van der Waals surface area (Å²) in [6.45, 7) is 6.09. The second-order valence-corrected chi connectivity index (χ2v) is 11.3. The fraction of sp³-hybridized carbons (Fsp3) is 1.00. The normalized spacial score (nSPS) is 52.1. The summed E-state index contributed by atoms with van der Waals surface area (Å²) in [4.78, 5) is 0. The van der Waals surface area contributed by atoms with Crippen LogP contribution in [0.15, 0.2) is 0 Å². The van der Waals surface area contributed by atoms with E-state index in [-0.39, 0.29) is 61.5 Å². The van der Waals surface area contributed by atoms with Crippen molar-refractivity contribution in [1.29, 1.82) is 0 Å². The molecule has 0 amide bonds. The molecule has 5 fully saturated rings. The molecule has 5 aliphatic heterocycles. The minimum absolute atomic E-state index is 0.0319. The highest BCUT2D eigenvalue weighted by Crippen LogP contribution is 2.54. The van der Waals surface area contributed by atoms with Gasteiger partial charge in [-0.3, -0.25) is 0 Å². The van der Waals surface area contributed by atoms with Crippen LogP contribution in [-0.4, -0.2) is 95.5 Å². The molecule has 34 heavy (non-hydrogen) atoms. The van der Waals surface area contributed by atoms with Crippen LogP contribution in [-0.2, 0) is 28.4 Å². The maximum atomic E-state index is 10.5. The average molecular weight is 487 g/mol. The Bertz CT molecular complexity index is 708. The maximum Gasteiger partial charge on any atom is 0.174 e. The molecule has 5 rings (SSSR count). The van der Waals surface area contributed by atoms with E-state index in [1.165, 1.54) is 0 Å². The van der Waals surface area contributed by atoms with Gasteiger partial charge in [-0.2, -0.15) is 0 Å². The molecule has 5 aliphatic rings. The largest absolute Gasteiger partial charge is 0.394 e. The van der Waals surface area contributed by atoms with Gasteiger partial charge in [0.25, 0.3) is 0 Å². The zero-order valence-corrected chi connectivity index (χ0v) is 20.8. The van der Waals surface area contributed by atoms with Crippen LogP contribution >= 0.6 is 0 Å². The lowest BCUT2D eigenvalue weighted by atomic mass is 9.80. The third-order valence-corrected chi connectivity index (χ3v) is 8.66. The molecule has 9 nitrogen and oxygen atoms in total. The molecule has 0 aromatic rings. The molecule has 5 saturated heterocycles. The standard InChI is InChI=1S/C25H42O9/c1-5-17-20(29-4)10-25(31-17)11-21-23(34-25)14(3)9-24(33-21)8-13(2)22-19(32-24)7-18(30-22)16(28)6-15(27)12-26/h13-23,26-28H,5-12H2,1-4H3/t13-,14-,15+,16-,17+,18-,19-,20+,21-,22-,23-,24+,25-/m0/s1. The van der Waals surface area contributed by atoms with E-state index < -0.39 is 29.9 Å². The van der Waals surface area contributed by atoms with Crippen molar-refractivity contribution in [3.8, 4) is 0 Å². The lowest BCUT2D eigenvalue weighted by Crippen LogP contribution is -2.58. The van der Waals surface area contributed by atoms with E-state index in [1.807, 2.05) is 0 Å². The lowest BCUT2D eigenvalue weighted by molar-refractivity contribution is -0.347. The first-order valence-corrected chi connectivity index (χ1v) is 13.1. The highest BCUT2D eigenvalue weighted by atomic mass is 16.8. The van der Waals surface area contributed by atoms with Crippen LogP contribution in [0.4, 0.5) is 0 Å². The Balaban J connectivity index is 1.27. The van der Waals surface area contributed by atoms with Crippen molar-refractivity contribution in [3.63, 3.8) is 0 Å². The van der Waals surface area contributed by atoms with E-state index in [0.29, 0.717) is 19.3 Å². The van der Waals surface area contributed by atoms with Crippen molar-refractivity contribution >= 4 is 0 Å². The third kappa shape index (κ3) is 4.46. The number of methoxy groups -OCH3 is 1. The summed E-state index contributed by atoms with van der Waals surface area (Å²) in [6, 6.07) is 0. The fourth-order valence-corrected chi connectivity index (χ4v) is 7.16. The predicted molar refractivity (Wildman–Crippen MR) is 120 cm³/mol. The second-order valence-electron chi connectivity index (χ2n) is 11.3. The first-order chi connectivity index (χ1) is 16.2. The topological polar surface area (TPSA) is 116 Å². The molecular weight excluding hydrogens is 444 g/mol. The van der Waals surface area contributed by atoms with Crippen molar-refractivity contribution in [2.75, 3.05) is 13.7 Å². The molecule has 0 aromatic carbocycles. The molecule has 0 bridgehead atoms. The summed E-state index contributed by atoms with van der Waals surface area (Å²) in [7, 11) is 1.73. The molecule has 0 aromatic heterocycles. The van der Waals surface area contributed by atoms with Gasteiger partial charge in [-0.25, -0.2) is 0 Å². The van der Waals surface area contributed by atoms with Gasteiger partial charge in [-0.15, -0.1) is 0 Å². The Morgan fingerprint density at radius 3 is 2.24 bits per heavy atom. The van der Waals surface area contributed by atoms with Crippen molar-refractivity contribution in [1.82, 2.24) is 0 Å². The van der Waals surface area contributed by atoms with E-state index in [4.69, 9.17) is 33.5 Å². The van der Waals surface area contributed by atoms with E-state index in [1.54, 1.807) is 7.11 Å². The Kier molecular flexibility index (Phi) is 7.07. The SMILES string of the molecule is CC[C@H]1O[C@@]2(C[C@@H]3O[C@]4(C[C@H](C)[C@@H]5O[C@H]([C@@H](O)C[C@@H](O)CO)C[C@@H]5O4)C[C@H](C)[C@@H]3O2)C[C@H]1OC. The van der Waals surface area contributed by atoms with Crippen LogP contribution < -0.4 is 0 Å². The van der Waals surface area contributed by atoms with Crippen molar-refractivity contribution < 1.29 is 43.7 Å². The number of aliphatic hydroxyl groups excluding tert-OH is 3. The molecule has 0 saturated carbocycles. The van der Waals surface area contributed by atoms with Crippen LogP contribution in [0.25, 0.3) is 0 Å². The highest BCUT2D eigenvalue weighted by molar-refractivity contribution is 5.04. The predicted octanol–water partition coefficient (Wildman–Crippen LogP) is 1.49. The minimum Gasteiger partial charge on any atom is -0.394 e. The van der Waals surface area contributed by atoms with Gasteiger partial charge in [-0.05, 0) is 18.3 Å². The zero-order valence-electron chi connectivity index (χ0n) is 20.8. The van der Waals surface area contributed by atoms with Crippen molar-refractivity contribution in [3.05, 3.63) is 0 Å². The molecule has 0 unspecified atom stereocenters. The maximum absolute atomic E-state index is 10.5. The van der Waals surface area contributed by atoms with Crippen LogP contribution in [0.2, 0.25) is 0 Å². The molecule has 0 radical (unpaired) electrons. The van der Waals surface area contributed by atoms with E-state index in [9.17, 15) is 10.2 Å². The molecule has 3 N–H and O–H groups in total. The number of hydrogen-bond donors (Lipinski definition) is 3. The summed E-state index contributed by atoms with van der Waals surface area (Å²) in [5, 5.41) is 29.4. The summed E-state index contributed by atoms with van der Waals surface area (Å²) < 4.78 is 38.2. The highest BCUT2D eigenvalue weighted by Gasteiger charge is 2.62. The lowest BCUT2D eigenvalue weighted by Gasteiger charge is -2.50. The minimum atomic E-state index is -0.956.